The van der Waals surface area contributed by atoms with Crippen molar-refractivity contribution in [1.82, 2.24) is 9.97 Å². The van der Waals surface area contributed by atoms with E-state index in [0.29, 0.717) is 11.6 Å². The molecule has 0 aliphatic rings. The second-order valence-corrected chi connectivity index (χ2v) is 4.96. The smallest absolute Gasteiger partial charge is 0.121 e. The Kier molecular flexibility index (Phi) is 3.88. The zero-order valence-electron chi connectivity index (χ0n) is 11.5. The third-order valence-electron chi connectivity index (χ3n) is 3.13. The van der Waals surface area contributed by atoms with Gasteiger partial charge >= 0.3 is 0 Å². The molecule has 0 fully saturated rings. The highest BCUT2D eigenvalue weighted by Crippen LogP contribution is 2.27. The normalized spacial score (nSPS) is 10.6. The van der Waals surface area contributed by atoms with Crippen molar-refractivity contribution in [3.63, 3.8) is 0 Å². The zero-order chi connectivity index (χ0) is 14.7. The van der Waals surface area contributed by atoms with Crippen LogP contribution in [0.1, 0.15) is 5.69 Å². The lowest BCUT2D eigenvalue weighted by Crippen LogP contribution is -2.03. The molecule has 0 saturated heterocycles. The summed E-state index contributed by atoms with van der Waals surface area (Å²) in [5, 5.41) is 3.90. The van der Waals surface area contributed by atoms with Crippen molar-refractivity contribution in [2.75, 3.05) is 12.4 Å². The molecule has 0 amide bonds. The number of ether oxygens (including phenoxy) is 1. The summed E-state index contributed by atoms with van der Waals surface area (Å²) in [7, 11) is 1.63. The van der Waals surface area contributed by atoms with E-state index in [-0.39, 0.29) is 0 Å². The maximum absolute atomic E-state index is 6.16. The Morgan fingerprint density at radius 2 is 1.95 bits per heavy atom. The predicted molar refractivity (Wildman–Crippen MR) is 84.9 cm³/mol. The van der Waals surface area contributed by atoms with E-state index >= 15 is 0 Å². The first-order valence-electron chi connectivity index (χ1n) is 6.54. The molecule has 1 N–H and O–H groups in total. The summed E-state index contributed by atoms with van der Waals surface area (Å²) in [4.78, 5) is 8.95. The van der Waals surface area contributed by atoms with Crippen molar-refractivity contribution in [2.24, 2.45) is 0 Å². The van der Waals surface area contributed by atoms with Gasteiger partial charge in [0, 0.05) is 6.07 Å². The van der Waals surface area contributed by atoms with Gasteiger partial charge in [-0.05, 0) is 24.3 Å². The summed E-state index contributed by atoms with van der Waals surface area (Å²) in [6.45, 7) is 0.546. The van der Waals surface area contributed by atoms with Crippen LogP contribution >= 0.6 is 11.6 Å². The van der Waals surface area contributed by atoms with Gasteiger partial charge in [-0.3, -0.25) is 4.98 Å². The van der Waals surface area contributed by atoms with E-state index in [1.54, 1.807) is 19.4 Å². The Hall–Kier alpha value is -2.33. The molecule has 0 aliphatic carbocycles. The van der Waals surface area contributed by atoms with Gasteiger partial charge in [0.25, 0.3) is 0 Å². The summed E-state index contributed by atoms with van der Waals surface area (Å²) < 4.78 is 5.19. The van der Waals surface area contributed by atoms with Crippen LogP contribution in [0.3, 0.4) is 0 Å². The second kappa shape index (κ2) is 5.97. The molecular formula is C16H14ClN3O. The van der Waals surface area contributed by atoms with E-state index in [1.807, 2.05) is 36.4 Å². The number of nitrogens with zero attached hydrogens (tertiary/aromatic N) is 2. The Labute approximate surface area is 127 Å². The van der Waals surface area contributed by atoms with Crippen LogP contribution in [0.15, 0.2) is 48.7 Å². The molecule has 0 atom stereocenters. The SMILES string of the molecule is COc1ccc(Cl)c(NCc2cnc3ccccc3n2)c1. The average molecular weight is 300 g/mol. The van der Waals surface area contributed by atoms with Crippen LogP contribution in [0.5, 0.6) is 5.75 Å². The quantitative estimate of drug-likeness (QED) is 0.793. The van der Waals surface area contributed by atoms with Gasteiger partial charge in [0.2, 0.25) is 0 Å². The predicted octanol–water partition coefficient (Wildman–Crippen LogP) is 3.90. The Balaban J connectivity index is 1.80. The van der Waals surface area contributed by atoms with E-state index in [9.17, 15) is 0 Å². The summed E-state index contributed by atoms with van der Waals surface area (Å²) in [5.74, 6) is 0.756. The van der Waals surface area contributed by atoms with Crippen molar-refractivity contribution in [3.8, 4) is 5.75 Å². The first-order chi connectivity index (χ1) is 10.3. The van der Waals surface area contributed by atoms with Gasteiger partial charge in [-0.1, -0.05) is 23.7 Å². The van der Waals surface area contributed by atoms with Crippen molar-refractivity contribution >= 4 is 28.3 Å². The highest BCUT2D eigenvalue weighted by Gasteiger charge is 2.04. The summed E-state index contributed by atoms with van der Waals surface area (Å²) in [6, 6.07) is 13.3. The van der Waals surface area contributed by atoms with Crippen molar-refractivity contribution < 1.29 is 4.74 Å². The number of fused-ring (bicyclic) bond motifs is 1. The minimum atomic E-state index is 0.546. The fourth-order valence-electron chi connectivity index (χ4n) is 2.03. The van der Waals surface area contributed by atoms with Crippen molar-refractivity contribution in [2.45, 2.75) is 6.54 Å². The van der Waals surface area contributed by atoms with Gasteiger partial charge in [-0.2, -0.15) is 0 Å². The van der Waals surface area contributed by atoms with Crippen LogP contribution in [-0.4, -0.2) is 17.1 Å². The Bertz CT molecular complexity index is 776. The topological polar surface area (TPSA) is 47.0 Å². The molecule has 3 aromatic rings. The third kappa shape index (κ3) is 3.06. The first kappa shape index (κ1) is 13.6. The van der Waals surface area contributed by atoms with Gasteiger partial charge in [-0.25, -0.2) is 4.98 Å². The van der Waals surface area contributed by atoms with Crippen LogP contribution in [0, 0.1) is 0 Å². The molecule has 5 heteroatoms. The Morgan fingerprint density at radius 1 is 1.14 bits per heavy atom. The number of hydrogen-bond donors (Lipinski definition) is 1. The molecule has 4 nitrogen and oxygen atoms in total. The van der Waals surface area contributed by atoms with Crippen LogP contribution < -0.4 is 10.1 Å². The molecule has 106 valence electrons. The number of rotatable bonds is 4. The number of nitrogens with one attached hydrogen (secondary N) is 1. The number of hydrogen-bond acceptors (Lipinski definition) is 4. The number of anilines is 1. The zero-order valence-corrected chi connectivity index (χ0v) is 12.3. The molecule has 0 radical (unpaired) electrons. The molecule has 2 aromatic carbocycles. The summed E-state index contributed by atoms with van der Waals surface area (Å²) >= 11 is 6.16. The maximum atomic E-state index is 6.16. The highest BCUT2D eigenvalue weighted by molar-refractivity contribution is 6.33. The van der Waals surface area contributed by atoms with Crippen LogP contribution in [0.2, 0.25) is 5.02 Å². The molecule has 3 rings (SSSR count). The van der Waals surface area contributed by atoms with E-state index in [0.717, 1.165) is 28.2 Å². The monoisotopic (exact) mass is 299 g/mol. The summed E-state index contributed by atoms with van der Waals surface area (Å²) in [5.41, 5.74) is 3.44. The van der Waals surface area contributed by atoms with Crippen LogP contribution in [-0.2, 0) is 6.54 Å². The number of benzene rings is 2. The van der Waals surface area contributed by atoms with Gasteiger partial charge in [0.1, 0.15) is 5.75 Å². The molecule has 1 heterocycles. The summed E-state index contributed by atoms with van der Waals surface area (Å²) in [6.07, 6.45) is 1.77. The molecule has 0 aliphatic heterocycles. The number of halogens is 1. The van der Waals surface area contributed by atoms with E-state index in [4.69, 9.17) is 16.3 Å². The van der Waals surface area contributed by atoms with Crippen LogP contribution in [0.4, 0.5) is 5.69 Å². The maximum Gasteiger partial charge on any atom is 0.121 e. The molecule has 0 bridgehead atoms. The fraction of sp³-hybridized carbons (Fsp3) is 0.125. The molecule has 0 unspecified atom stereocenters. The molecule has 1 aromatic heterocycles. The molecule has 21 heavy (non-hydrogen) atoms. The molecule has 0 spiro atoms. The third-order valence-corrected chi connectivity index (χ3v) is 3.46. The largest absolute Gasteiger partial charge is 0.497 e. The second-order valence-electron chi connectivity index (χ2n) is 4.55. The highest BCUT2D eigenvalue weighted by atomic mass is 35.5. The van der Waals surface area contributed by atoms with E-state index < -0.39 is 0 Å². The van der Waals surface area contributed by atoms with Gasteiger partial charge in [-0.15, -0.1) is 0 Å². The lowest BCUT2D eigenvalue weighted by atomic mass is 10.2. The number of aromatic nitrogens is 2. The molecule has 0 saturated carbocycles. The van der Waals surface area contributed by atoms with Gasteiger partial charge < -0.3 is 10.1 Å². The van der Waals surface area contributed by atoms with Crippen molar-refractivity contribution in [3.05, 3.63) is 59.4 Å². The van der Waals surface area contributed by atoms with Crippen molar-refractivity contribution in [1.29, 1.82) is 0 Å². The first-order valence-corrected chi connectivity index (χ1v) is 6.92. The Morgan fingerprint density at radius 3 is 2.76 bits per heavy atom. The molecular weight excluding hydrogens is 286 g/mol. The number of para-hydroxylation sites is 2. The lowest BCUT2D eigenvalue weighted by Gasteiger charge is -2.10. The average Bonchev–Trinajstić information content (AvgIpc) is 2.54. The van der Waals surface area contributed by atoms with E-state index in [1.165, 1.54) is 0 Å². The van der Waals surface area contributed by atoms with E-state index in [2.05, 4.69) is 15.3 Å². The van der Waals surface area contributed by atoms with Gasteiger partial charge in [0.05, 0.1) is 47.3 Å². The fourth-order valence-corrected chi connectivity index (χ4v) is 2.22. The lowest BCUT2D eigenvalue weighted by molar-refractivity contribution is 0.415. The minimum Gasteiger partial charge on any atom is -0.497 e. The number of methoxy groups -OCH3 is 1. The van der Waals surface area contributed by atoms with Crippen LogP contribution in [0.25, 0.3) is 11.0 Å². The minimum absolute atomic E-state index is 0.546. The standard InChI is InChI=1S/C16H14ClN3O/c1-21-12-6-7-13(17)16(8-12)19-10-11-9-18-14-4-2-3-5-15(14)20-11/h2-9,19H,10H2,1H3. The van der Waals surface area contributed by atoms with Gasteiger partial charge in [0.15, 0.2) is 0 Å².